The Labute approximate surface area is 195 Å². The van der Waals surface area contributed by atoms with Crippen LogP contribution in [0.15, 0.2) is 76.0 Å². The molecule has 0 N–H and O–H groups in total. The predicted molar refractivity (Wildman–Crippen MR) is 127 cm³/mol. The van der Waals surface area contributed by atoms with Crippen molar-refractivity contribution in [1.29, 1.82) is 0 Å². The maximum absolute atomic E-state index is 13.3. The Bertz CT molecular complexity index is 1380. The van der Waals surface area contributed by atoms with E-state index in [9.17, 15) is 19.7 Å². The molecule has 8 heteroatoms. The fourth-order valence-electron chi connectivity index (χ4n) is 4.06. The average Bonchev–Trinajstić information content (AvgIpc) is 3.35. The van der Waals surface area contributed by atoms with Gasteiger partial charge in [-0.3, -0.25) is 14.9 Å². The SMILES string of the molecule is COC(=O)C1=C(C)N(c2cc(C)cc(C)c2)/C(=C/c2ccc(-c3cccc([N+](=O)[O-])c3)o2)C1=O. The molecule has 8 nitrogen and oxygen atoms in total. The lowest BCUT2D eigenvalue weighted by Crippen LogP contribution is -2.18. The lowest BCUT2D eigenvalue weighted by molar-refractivity contribution is -0.384. The van der Waals surface area contributed by atoms with Gasteiger partial charge in [-0.05, 0) is 56.2 Å². The van der Waals surface area contributed by atoms with Gasteiger partial charge in [-0.15, -0.1) is 0 Å². The number of aryl methyl sites for hydroxylation is 2. The summed E-state index contributed by atoms with van der Waals surface area (Å²) in [6.45, 7) is 5.60. The zero-order valence-corrected chi connectivity index (χ0v) is 19.1. The number of nitro groups is 1. The van der Waals surface area contributed by atoms with E-state index in [1.807, 2.05) is 32.0 Å². The van der Waals surface area contributed by atoms with Crippen molar-refractivity contribution in [2.45, 2.75) is 20.8 Å². The number of ketones is 1. The summed E-state index contributed by atoms with van der Waals surface area (Å²) in [6, 6.07) is 15.3. The molecule has 0 bridgehead atoms. The lowest BCUT2D eigenvalue weighted by Gasteiger charge is -2.22. The highest BCUT2D eigenvalue weighted by Crippen LogP contribution is 2.37. The molecule has 172 valence electrons. The maximum Gasteiger partial charge on any atom is 0.343 e. The number of hydrogen-bond donors (Lipinski definition) is 0. The van der Waals surface area contributed by atoms with E-state index < -0.39 is 16.7 Å². The van der Waals surface area contributed by atoms with Crippen LogP contribution in [0.2, 0.25) is 0 Å². The van der Waals surface area contributed by atoms with E-state index in [-0.39, 0.29) is 17.0 Å². The number of nitro benzene ring substituents is 1. The van der Waals surface area contributed by atoms with Gasteiger partial charge in [-0.2, -0.15) is 0 Å². The first-order valence-corrected chi connectivity index (χ1v) is 10.5. The van der Waals surface area contributed by atoms with Crippen LogP contribution in [0.25, 0.3) is 17.4 Å². The van der Waals surface area contributed by atoms with E-state index in [2.05, 4.69) is 0 Å². The molecule has 0 amide bonds. The van der Waals surface area contributed by atoms with Gasteiger partial charge >= 0.3 is 5.97 Å². The molecule has 0 spiro atoms. The Morgan fingerprint density at radius 2 is 1.76 bits per heavy atom. The van der Waals surface area contributed by atoms with Gasteiger partial charge in [-0.1, -0.05) is 18.2 Å². The van der Waals surface area contributed by atoms with Crippen molar-refractivity contribution in [3.8, 4) is 11.3 Å². The number of Topliss-reactive ketones (excluding diaryl/α,β-unsaturated/α-hetero) is 1. The van der Waals surface area contributed by atoms with Gasteiger partial charge in [-0.25, -0.2) is 4.79 Å². The van der Waals surface area contributed by atoms with Crippen molar-refractivity contribution in [1.82, 2.24) is 0 Å². The van der Waals surface area contributed by atoms with Crippen molar-refractivity contribution in [3.05, 3.63) is 98.6 Å². The Balaban J connectivity index is 1.80. The quantitative estimate of drug-likeness (QED) is 0.167. The molecule has 1 aliphatic rings. The highest BCUT2D eigenvalue weighted by Gasteiger charge is 2.38. The fraction of sp³-hybridized carbons (Fsp3) is 0.154. The number of ether oxygens (including phenoxy) is 1. The molecule has 0 aliphatic carbocycles. The molecule has 0 atom stereocenters. The number of anilines is 1. The Morgan fingerprint density at radius 1 is 1.06 bits per heavy atom. The van der Waals surface area contributed by atoms with E-state index >= 15 is 0 Å². The summed E-state index contributed by atoms with van der Waals surface area (Å²) < 4.78 is 10.7. The molecule has 0 fully saturated rings. The number of benzene rings is 2. The van der Waals surface area contributed by atoms with Crippen molar-refractivity contribution in [3.63, 3.8) is 0 Å². The van der Waals surface area contributed by atoms with Gasteiger partial charge in [0.05, 0.1) is 17.7 Å². The van der Waals surface area contributed by atoms with E-state index in [1.54, 1.807) is 42.2 Å². The number of allylic oxidation sites excluding steroid dienone is 2. The third-order valence-corrected chi connectivity index (χ3v) is 5.50. The lowest BCUT2D eigenvalue weighted by atomic mass is 10.1. The van der Waals surface area contributed by atoms with Crippen LogP contribution in [0, 0.1) is 24.0 Å². The Morgan fingerprint density at radius 3 is 2.41 bits per heavy atom. The Kier molecular flexibility index (Phi) is 5.89. The molecule has 1 aromatic heterocycles. The molecule has 34 heavy (non-hydrogen) atoms. The summed E-state index contributed by atoms with van der Waals surface area (Å²) in [7, 11) is 1.23. The second-order valence-electron chi connectivity index (χ2n) is 8.00. The minimum absolute atomic E-state index is 0.0432. The number of non-ortho nitro benzene ring substituents is 1. The molecule has 3 aromatic rings. The summed E-state index contributed by atoms with van der Waals surface area (Å²) >= 11 is 0. The van der Waals surface area contributed by atoms with Crippen LogP contribution in [0.4, 0.5) is 11.4 Å². The van der Waals surface area contributed by atoms with E-state index in [0.717, 1.165) is 16.8 Å². The maximum atomic E-state index is 13.3. The van der Waals surface area contributed by atoms with Crippen molar-refractivity contribution in [2.24, 2.45) is 0 Å². The highest BCUT2D eigenvalue weighted by atomic mass is 16.6. The second-order valence-corrected chi connectivity index (χ2v) is 8.00. The number of hydrogen-bond acceptors (Lipinski definition) is 7. The number of furan rings is 1. The van der Waals surface area contributed by atoms with Gasteiger partial charge in [0.2, 0.25) is 5.78 Å². The van der Waals surface area contributed by atoms with Crippen molar-refractivity contribution in [2.75, 3.05) is 12.0 Å². The van der Waals surface area contributed by atoms with Gasteiger partial charge in [0, 0.05) is 35.2 Å². The minimum Gasteiger partial charge on any atom is -0.465 e. The predicted octanol–water partition coefficient (Wildman–Crippen LogP) is 5.35. The summed E-state index contributed by atoms with van der Waals surface area (Å²) in [5.74, 6) is -0.413. The Hall–Kier alpha value is -4.46. The van der Waals surface area contributed by atoms with Crippen molar-refractivity contribution >= 4 is 29.2 Å². The topological polar surface area (TPSA) is 103 Å². The summed E-state index contributed by atoms with van der Waals surface area (Å²) in [5, 5.41) is 11.1. The van der Waals surface area contributed by atoms with Crippen LogP contribution in [0.5, 0.6) is 0 Å². The molecule has 4 rings (SSSR count). The monoisotopic (exact) mass is 458 g/mol. The second kappa shape index (κ2) is 8.82. The van der Waals surface area contributed by atoms with E-state index in [1.165, 1.54) is 19.2 Å². The summed E-state index contributed by atoms with van der Waals surface area (Å²) in [5.41, 5.74) is 3.88. The highest BCUT2D eigenvalue weighted by molar-refractivity contribution is 6.30. The largest absolute Gasteiger partial charge is 0.465 e. The normalized spacial score (nSPS) is 14.8. The van der Waals surface area contributed by atoms with Gasteiger partial charge < -0.3 is 14.1 Å². The number of carbonyl (C=O) groups excluding carboxylic acids is 2. The zero-order valence-electron chi connectivity index (χ0n) is 19.1. The van der Waals surface area contributed by atoms with Crippen LogP contribution in [-0.4, -0.2) is 23.8 Å². The fourth-order valence-corrected chi connectivity index (χ4v) is 4.06. The smallest absolute Gasteiger partial charge is 0.343 e. The third-order valence-electron chi connectivity index (χ3n) is 5.50. The van der Waals surface area contributed by atoms with Crippen molar-refractivity contribution < 1.29 is 23.7 Å². The molecule has 1 aliphatic heterocycles. The number of carbonyl (C=O) groups is 2. The number of nitrogens with zero attached hydrogens (tertiary/aromatic N) is 2. The first-order valence-electron chi connectivity index (χ1n) is 10.5. The van der Waals surface area contributed by atoms with Crippen LogP contribution in [-0.2, 0) is 14.3 Å². The summed E-state index contributed by atoms with van der Waals surface area (Å²) in [4.78, 5) is 38.0. The molecule has 0 saturated carbocycles. The molecular weight excluding hydrogens is 436 g/mol. The average molecular weight is 458 g/mol. The van der Waals surface area contributed by atoms with E-state index in [0.29, 0.717) is 22.8 Å². The first-order chi connectivity index (χ1) is 16.2. The van der Waals surface area contributed by atoms with Gasteiger partial charge in [0.1, 0.15) is 17.1 Å². The molecular formula is C26H22N2O6. The number of methoxy groups -OCH3 is 1. The first kappa shape index (κ1) is 22.7. The van der Waals surface area contributed by atoms with Crippen LogP contribution in [0.3, 0.4) is 0 Å². The van der Waals surface area contributed by atoms with Crippen LogP contribution in [0.1, 0.15) is 23.8 Å². The number of esters is 1. The van der Waals surface area contributed by atoms with E-state index in [4.69, 9.17) is 9.15 Å². The van der Waals surface area contributed by atoms with Crippen LogP contribution >= 0.6 is 0 Å². The minimum atomic E-state index is -0.711. The van der Waals surface area contributed by atoms with Gasteiger partial charge in [0.15, 0.2) is 0 Å². The molecule has 0 unspecified atom stereocenters. The standard InChI is InChI=1S/C26H22N2O6/c1-15-10-16(2)12-20(11-15)27-17(3)24(26(30)33-4)25(29)22(27)14-21-8-9-23(34-21)18-6-5-7-19(13-18)28(31)32/h5-14H,1-4H3/b22-14+. The summed E-state index contributed by atoms with van der Waals surface area (Å²) in [6.07, 6.45) is 1.56. The zero-order chi connectivity index (χ0) is 24.6. The van der Waals surface area contributed by atoms with Gasteiger partial charge in [0.25, 0.3) is 5.69 Å². The molecule has 0 radical (unpaired) electrons. The molecule has 0 saturated heterocycles. The number of rotatable bonds is 5. The molecule has 2 aromatic carbocycles. The van der Waals surface area contributed by atoms with Crippen LogP contribution < -0.4 is 4.90 Å². The molecule has 2 heterocycles. The third kappa shape index (κ3) is 4.13.